The molecule has 0 saturated heterocycles. The van der Waals surface area contributed by atoms with Crippen LogP contribution in [0.25, 0.3) is 0 Å². The second kappa shape index (κ2) is 6.76. The molecule has 0 aromatic carbocycles. The first-order valence-electron chi connectivity index (χ1n) is 2.23. The maximum Gasteiger partial charge on any atom is 0.0552 e. The van der Waals surface area contributed by atoms with Crippen LogP contribution in [0.1, 0.15) is 0 Å². The predicted molar refractivity (Wildman–Crippen MR) is 22.9 cm³/mol. The van der Waals surface area contributed by atoms with E-state index in [4.69, 9.17) is 0 Å². The maximum atomic E-state index is 9.59. The summed E-state index contributed by atoms with van der Waals surface area (Å²) >= 11 is 0. The standard InChI is InChI=1S/C4H7NO4.Ag/c6-3(7)1-5-2-4(8)9;/h5H,1-2H2,(H,6,7)(H,8,9);/p-2. The first-order chi connectivity index (χ1) is 4.13. The predicted octanol–water partition coefficient (Wildman–Crippen LogP) is -3.93. The average molecular weight is 239 g/mol. The van der Waals surface area contributed by atoms with Crippen molar-refractivity contribution in [3.05, 3.63) is 0 Å². The van der Waals surface area contributed by atoms with Crippen LogP contribution in [0.2, 0.25) is 0 Å². The Balaban J connectivity index is 0. The zero-order valence-electron chi connectivity index (χ0n) is 4.85. The van der Waals surface area contributed by atoms with Gasteiger partial charge in [-0.3, -0.25) is 0 Å². The Morgan fingerprint density at radius 3 is 1.60 bits per heavy atom. The molecule has 63 valence electrons. The van der Waals surface area contributed by atoms with Crippen molar-refractivity contribution in [2.75, 3.05) is 13.1 Å². The van der Waals surface area contributed by atoms with E-state index in [9.17, 15) is 19.8 Å². The molecule has 0 aliphatic carbocycles. The number of carbonyl (C=O) groups excluding carboxylic acids is 2. The smallest absolute Gasteiger partial charge is 0.0552 e. The fraction of sp³-hybridized carbons (Fsp3) is 0.500. The molecule has 1 radical (unpaired) electrons. The van der Waals surface area contributed by atoms with E-state index in [2.05, 4.69) is 5.32 Å². The van der Waals surface area contributed by atoms with Crippen molar-refractivity contribution in [3.63, 3.8) is 0 Å². The molecule has 1 N–H and O–H groups in total. The van der Waals surface area contributed by atoms with Crippen LogP contribution in [0, 0.1) is 0 Å². The van der Waals surface area contributed by atoms with Gasteiger partial charge in [0.15, 0.2) is 0 Å². The minimum atomic E-state index is -1.34. The molecule has 0 aromatic rings. The molecule has 10 heavy (non-hydrogen) atoms. The third-order valence-electron chi connectivity index (χ3n) is 0.539. The Kier molecular flexibility index (Phi) is 8.33. The molecule has 0 aliphatic heterocycles. The van der Waals surface area contributed by atoms with E-state index in [0.29, 0.717) is 0 Å². The fourth-order valence-electron chi connectivity index (χ4n) is 0.267. The van der Waals surface area contributed by atoms with Gasteiger partial charge in [-0.05, 0) is 0 Å². The van der Waals surface area contributed by atoms with E-state index < -0.39 is 25.0 Å². The topological polar surface area (TPSA) is 92.3 Å². The summed E-state index contributed by atoms with van der Waals surface area (Å²) in [4.78, 5) is 19.2. The molecule has 0 fully saturated rings. The van der Waals surface area contributed by atoms with Gasteiger partial charge in [0.05, 0.1) is 11.9 Å². The molecule has 0 unspecified atom stereocenters. The molecule has 0 aliphatic rings. The number of hydrogen-bond acceptors (Lipinski definition) is 5. The van der Waals surface area contributed by atoms with E-state index in [-0.39, 0.29) is 22.4 Å². The molecule has 6 heteroatoms. The number of aliphatic carboxylic acids is 2. The van der Waals surface area contributed by atoms with Crippen LogP contribution < -0.4 is 15.5 Å². The van der Waals surface area contributed by atoms with E-state index >= 15 is 0 Å². The molecule has 0 amide bonds. The van der Waals surface area contributed by atoms with Gasteiger partial charge in [0, 0.05) is 35.5 Å². The summed E-state index contributed by atoms with van der Waals surface area (Å²) in [6.07, 6.45) is 0. The van der Waals surface area contributed by atoms with Gasteiger partial charge in [-0.15, -0.1) is 0 Å². The van der Waals surface area contributed by atoms with Gasteiger partial charge in [-0.2, -0.15) is 0 Å². The Labute approximate surface area is 72.9 Å². The third-order valence-corrected chi connectivity index (χ3v) is 0.539. The van der Waals surface area contributed by atoms with Crippen molar-refractivity contribution >= 4 is 11.9 Å². The quantitative estimate of drug-likeness (QED) is 0.506. The summed E-state index contributed by atoms with van der Waals surface area (Å²) in [7, 11) is 0. The fourth-order valence-corrected chi connectivity index (χ4v) is 0.267. The number of nitrogens with one attached hydrogen (secondary N) is 1. The normalized spacial score (nSPS) is 8.00. The van der Waals surface area contributed by atoms with Gasteiger partial charge in [0.1, 0.15) is 0 Å². The molecular weight excluding hydrogens is 234 g/mol. The Bertz CT molecular complexity index is 112. The number of carboxylic acid groups (broad SMARTS) is 2. The second-order valence-corrected chi connectivity index (χ2v) is 1.35. The van der Waals surface area contributed by atoms with Gasteiger partial charge in [-0.1, -0.05) is 0 Å². The van der Waals surface area contributed by atoms with E-state index in [1.165, 1.54) is 0 Å². The largest absolute Gasteiger partial charge is 0.549 e. The van der Waals surface area contributed by atoms with Crippen LogP contribution in [0.15, 0.2) is 0 Å². The van der Waals surface area contributed by atoms with E-state index in [0.717, 1.165) is 0 Å². The van der Waals surface area contributed by atoms with Crippen LogP contribution in [0.4, 0.5) is 0 Å². The molecule has 0 bridgehead atoms. The monoisotopic (exact) mass is 238 g/mol. The molecule has 0 rings (SSSR count). The first kappa shape index (κ1) is 12.3. The summed E-state index contributed by atoms with van der Waals surface area (Å²) in [5.74, 6) is -2.67. The van der Waals surface area contributed by atoms with Crippen molar-refractivity contribution in [1.29, 1.82) is 0 Å². The summed E-state index contributed by atoms with van der Waals surface area (Å²) in [5, 5.41) is 21.2. The van der Waals surface area contributed by atoms with Crippen LogP contribution in [0.3, 0.4) is 0 Å². The molecule has 5 nitrogen and oxygen atoms in total. The Morgan fingerprint density at radius 2 is 1.40 bits per heavy atom. The van der Waals surface area contributed by atoms with E-state index in [1.807, 2.05) is 0 Å². The van der Waals surface area contributed by atoms with E-state index in [1.54, 1.807) is 0 Å². The van der Waals surface area contributed by atoms with Crippen LogP contribution in [-0.2, 0) is 32.0 Å². The third kappa shape index (κ3) is 10.6. The Hall–Kier alpha value is -0.360. The molecule has 0 heterocycles. The van der Waals surface area contributed by atoms with Crippen molar-refractivity contribution in [2.24, 2.45) is 0 Å². The summed E-state index contributed by atoms with van der Waals surface area (Å²) in [6, 6.07) is 0. The van der Waals surface area contributed by atoms with Crippen LogP contribution >= 0.6 is 0 Å². The van der Waals surface area contributed by atoms with Gasteiger partial charge in [-0.25, -0.2) is 0 Å². The van der Waals surface area contributed by atoms with Crippen LogP contribution in [-0.4, -0.2) is 25.0 Å². The van der Waals surface area contributed by atoms with Gasteiger partial charge in [0.25, 0.3) is 0 Å². The van der Waals surface area contributed by atoms with Crippen molar-refractivity contribution < 1.29 is 42.2 Å². The molecule has 0 saturated carbocycles. The average Bonchev–Trinajstić information content (AvgIpc) is 1.63. The first-order valence-corrected chi connectivity index (χ1v) is 2.23. The van der Waals surface area contributed by atoms with Crippen molar-refractivity contribution in [1.82, 2.24) is 5.32 Å². The summed E-state index contributed by atoms with van der Waals surface area (Å²) in [6.45, 7) is -0.929. The molecule has 0 aromatic heterocycles. The number of carboxylic acids is 2. The minimum absolute atomic E-state index is 0. The number of hydrogen-bond donors (Lipinski definition) is 1. The Morgan fingerprint density at radius 1 is 1.10 bits per heavy atom. The minimum Gasteiger partial charge on any atom is -0.549 e. The summed E-state index contributed by atoms with van der Waals surface area (Å²) < 4.78 is 0. The maximum absolute atomic E-state index is 9.59. The molecular formula is C4H5AgNO4-2. The van der Waals surface area contributed by atoms with Crippen LogP contribution in [0.5, 0.6) is 0 Å². The van der Waals surface area contributed by atoms with Gasteiger partial charge < -0.3 is 25.1 Å². The van der Waals surface area contributed by atoms with Crippen molar-refractivity contribution in [3.8, 4) is 0 Å². The zero-order valence-corrected chi connectivity index (χ0v) is 6.33. The second-order valence-electron chi connectivity index (χ2n) is 1.35. The van der Waals surface area contributed by atoms with Gasteiger partial charge in [0.2, 0.25) is 0 Å². The SMILES string of the molecule is O=C([O-])CNCC(=O)[O-].[Ag]. The van der Waals surface area contributed by atoms with Crippen molar-refractivity contribution in [2.45, 2.75) is 0 Å². The number of rotatable bonds is 4. The zero-order chi connectivity index (χ0) is 7.28. The molecule has 0 atom stereocenters. The number of carbonyl (C=O) groups is 2. The summed E-state index contributed by atoms with van der Waals surface area (Å²) in [5.41, 5.74) is 0. The molecule has 0 spiro atoms. The van der Waals surface area contributed by atoms with Gasteiger partial charge >= 0.3 is 0 Å².